The topological polar surface area (TPSA) is 57.9 Å². The van der Waals surface area contributed by atoms with E-state index in [9.17, 15) is 0 Å². The van der Waals surface area contributed by atoms with Crippen LogP contribution in [0.25, 0.3) is 163 Å². The standard InChI is InChI=1S/C66H52N2O2Si2.C25H23NOSi.C16H8Br2/c1-71(2)40-48-18-10-19-52-53-20-12-24-59(65(53)69-63(48)52)68(50-33-29-42-15-7-9-17-45(42)37-50)57-35-31-43-26-27-46-38-51(39-47-30-34-56(57)62(43)61(46)47)67(49-32-28-41-14-6-8-16-44(41)36-49)58-23-11-21-54-55-22-13-25-60(72(3,4)5)66(55)70-64(54)58;1-28(2)16-19-9-5-10-21-22-11-6-12-23(25(22)27-24(19)21)26-20-14-13-17-7-3-4-8-18(17)15-20;17-13-8-4-10-2-6-12-14(18)7-3-9-1-5-11(13)16(10)15(9)12/h6-39,71H,40H2,1-5H3;3-15,26,28H,16H2,1-2H3;1-8H. The van der Waals surface area contributed by atoms with Gasteiger partial charge in [0.2, 0.25) is 0 Å². The SMILES string of the molecule is Brc1ccc2ccc3c(Br)ccc4ccc1c2c43.C[SiH](C)Cc1cccc2c1oc1c(N(c3ccc4ccccc4c3)c3ccc4ccc5cc(N(c6ccc7ccccc7c6)c6cccc7c6oc6c([Si](C)(C)C)cccc67)cc6ccc3c4c56)cccc12.C[SiH](C)Cc1cccc2c1oc1c(Nc3ccc4ccccc4c3)cccc12. The zero-order chi connectivity index (χ0) is 79.8. The molecular weight excluding hydrogens is 1620 g/mol. The van der Waals surface area contributed by atoms with Crippen molar-refractivity contribution in [2.75, 3.05) is 15.1 Å². The molecule has 0 aliphatic heterocycles. The molecule has 1 N–H and O–H groups in total. The Morgan fingerprint density at radius 3 is 1.21 bits per heavy atom. The van der Waals surface area contributed by atoms with Crippen LogP contribution in [0.4, 0.5) is 45.5 Å². The second kappa shape index (κ2) is 29.4. The Morgan fingerprint density at radius 1 is 0.280 bits per heavy atom. The Kier molecular flexibility index (Phi) is 18.3. The molecule has 6 nitrogen and oxygen atoms in total. The zero-order valence-corrected chi connectivity index (χ0v) is 73.2. The average molecular weight is 1700 g/mol. The number of para-hydroxylation sites is 6. The zero-order valence-electron chi connectivity index (χ0n) is 66.7. The first kappa shape index (κ1) is 73.3. The van der Waals surface area contributed by atoms with Crippen LogP contribution in [-0.4, -0.2) is 25.7 Å². The van der Waals surface area contributed by atoms with Crippen molar-refractivity contribution in [3.05, 3.63) is 354 Å². The largest absolute Gasteiger partial charge is 0.454 e. The van der Waals surface area contributed by atoms with Gasteiger partial charge in [0.15, 0.2) is 16.7 Å². The van der Waals surface area contributed by atoms with Gasteiger partial charge < -0.3 is 28.4 Å². The van der Waals surface area contributed by atoms with Gasteiger partial charge in [-0.25, -0.2) is 0 Å². The Balaban J connectivity index is 0.000000151. The van der Waals surface area contributed by atoms with Crippen molar-refractivity contribution in [2.45, 2.75) is 57.9 Å². The average Bonchev–Trinajstić information content (AvgIpc) is 1.03. The minimum atomic E-state index is -1.73. The maximum Gasteiger partial charge on any atom is 0.159 e. The Morgan fingerprint density at radius 2 is 0.661 bits per heavy atom. The van der Waals surface area contributed by atoms with E-state index in [1.807, 2.05) is 0 Å². The molecule has 570 valence electrons. The fourth-order valence-electron chi connectivity index (χ4n) is 18.5. The third-order valence-corrected chi connectivity index (χ3v) is 29.8. The van der Waals surface area contributed by atoms with Crippen molar-refractivity contribution in [3.63, 3.8) is 0 Å². The molecule has 0 bridgehead atoms. The molecule has 118 heavy (non-hydrogen) atoms. The normalized spacial score (nSPS) is 12.2. The van der Waals surface area contributed by atoms with Gasteiger partial charge in [0.05, 0.1) is 30.8 Å². The van der Waals surface area contributed by atoms with E-state index in [-0.39, 0.29) is 0 Å². The Labute approximate surface area is 705 Å². The number of hydrogen-bond acceptors (Lipinski definition) is 6. The Hall–Kier alpha value is -12.3. The number of anilines is 8. The van der Waals surface area contributed by atoms with E-state index < -0.39 is 25.7 Å². The van der Waals surface area contributed by atoms with Crippen LogP contribution in [0.15, 0.2) is 356 Å². The minimum absolute atomic E-state index is 0.718. The molecule has 0 saturated heterocycles. The number of nitrogens with zero attached hydrogens (tertiary/aromatic N) is 2. The summed E-state index contributed by atoms with van der Waals surface area (Å²) in [5, 5.41) is 34.3. The highest BCUT2D eigenvalue weighted by Crippen LogP contribution is 2.51. The molecule has 0 radical (unpaired) electrons. The summed E-state index contributed by atoms with van der Waals surface area (Å²) in [6.07, 6.45) is 0. The summed E-state index contributed by atoms with van der Waals surface area (Å²) in [5.41, 5.74) is 16.9. The van der Waals surface area contributed by atoms with Gasteiger partial charge >= 0.3 is 0 Å². The van der Waals surface area contributed by atoms with Crippen LogP contribution in [-0.2, 0) is 12.1 Å². The maximum absolute atomic E-state index is 7.13. The van der Waals surface area contributed by atoms with Crippen molar-refractivity contribution in [3.8, 4) is 0 Å². The summed E-state index contributed by atoms with van der Waals surface area (Å²) >= 11 is 7.30. The second-order valence-corrected chi connectivity index (χ2v) is 46.7. The van der Waals surface area contributed by atoms with Crippen molar-refractivity contribution < 1.29 is 13.3 Å². The van der Waals surface area contributed by atoms with Crippen LogP contribution >= 0.6 is 31.9 Å². The summed E-state index contributed by atoms with van der Waals surface area (Å²) in [4.78, 5) is 4.85. The summed E-state index contributed by atoms with van der Waals surface area (Å²) in [6.45, 7) is 16.8. The van der Waals surface area contributed by atoms with Gasteiger partial charge in [-0.05, 0) is 205 Å². The lowest BCUT2D eigenvalue weighted by atomic mass is 9.92. The smallest absolute Gasteiger partial charge is 0.159 e. The molecule has 11 heteroatoms. The van der Waals surface area contributed by atoms with Gasteiger partial charge in [-0.2, -0.15) is 0 Å². The molecule has 0 spiro atoms. The monoisotopic (exact) mass is 1700 g/mol. The molecule has 23 rings (SSSR count). The molecule has 0 unspecified atom stereocenters. The molecule has 0 atom stereocenters. The number of furan rings is 3. The molecule has 20 aromatic carbocycles. The molecule has 0 saturated carbocycles. The van der Waals surface area contributed by atoms with E-state index in [2.05, 4.69) is 426 Å². The summed E-state index contributed by atoms with van der Waals surface area (Å²) in [5.74, 6) is 0. The molecule has 0 fully saturated rings. The van der Waals surface area contributed by atoms with Gasteiger partial charge in [0.25, 0.3) is 0 Å². The number of rotatable bonds is 13. The van der Waals surface area contributed by atoms with Crippen LogP contribution < -0.4 is 20.3 Å². The van der Waals surface area contributed by atoms with Crippen LogP contribution in [0.5, 0.6) is 0 Å². The minimum Gasteiger partial charge on any atom is -0.454 e. The molecule has 3 aromatic heterocycles. The highest BCUT2D eigenvalue weighted by molar-refractivity contribution is 9.11. The van der Waals surface area contributed by atoms with E-state index in [0.29, 0.717) is 0 Å². The molecule has 0 aliphatic rings. The van der Waals surface area contributed by atoms with Crippen LogP contribution in [0.2, 0.25) is 45.8 Å². The van der Waals surface area contributed by atoms with Crippen LogP contribution in [0.1, 0.15) is 11.1 Å². The van der Waals surface area contributed by atoms with Gasteiger partial charge in [-0.1, -0.05) is 326 Å². The third-order valence-electron chi connectivity index (χ3n) is 23.9. The van der Waals surface area contributed by atoms with Gasteiger partial charge in [-0.15, -0.1) is 0 Å². The summed E-state index contributed by atoms with van der Waals surface area (Å²) in [6, 6.07) is 124. The first-order chi connectivity index (χ1) is 57.6. The lowest BCUT2D eigenvalue weighted by molar-refractivity contribution is 0.665. The van der Waals surface area contributed by atoms with Crippen molar-refractivity contribution in [1.29, 1.82) is 0 Å². The lowest BCUT2D eigenvalue weighted by Gasteiger charge is -2.29. The third kappa shape index (κ3) is 12.8. The van der Waals surface area contributed by atoms with Gasteiger partial charge in [0, 0.05) is 87.0 Å². The first-order valence-corrected chi connectivity index (χ1v) is 52.3. The highest BCUT2D eigenvalue weighted by Gasteiger charge is 2.29. The number of hydrogen-bond donors (Lipinski definition) is 1. The van der Waals surface area contributed by atoms with Crippen LogP contribution in [0.3, 0.4) is 0 Å². The predicted octanol–water partition coefficient (Wildman–Crippen LogP) is 31.9. The number of nitrogens with one attached hydrogen (secondary N) is 1. The molecule has 23 aromatic rings. The fraction of sp³-hybridized carbons (Fsp3) is 0.0841. The molecule has 3 heterocycles. The van der Waals surface area contributed by atoms with E-state index in [0.717, 1.165) is 111 Å². The fourth-order valence-corrected chi connectivity index (χ4v) is 23.3. The quantitative estimate of drug-likeness (QED) is 0.0917. The highest BCUT2D eigenvalue weighted by atomic mass is 79.9. The number of halogens is 2. The Bertz CT molecular complexity index is 7840. The summed E-state index contributed by atoms with van der Waals surface area (Å²) < 4.78 is 23.0. The number of fused-ring (bicyclic) bond motifs is 12. The van der Waals surface area contributed by atoms with Crippen LogP contribution in [0, 0.1) is 0 Å². The molecule has 0 amide bonds. The number of benzene rings is 20. The first-order valence-electron chi connectivity index (χ1n) is 41.0. The van der Waals surface area contributed by atoms with Gasteiger partial charge in [0.1, 0.15) is 16.7 Å². The predicted molar refractivity (Wildman–Crippen MR) is 524 cm³/mol. The van der Waals surface area contributed by atoms with E-state index in [1.165, 1.54) is 135 Å². The molecular formula is C107H83Br2N3O3Si3. The van der Waals surface area contributed by atoms with E-state index >= 15 is 0 Å². The maximum atomic E-state index is 7.13. The van der Waals surface area contributed by atoms with Crippen molar-refractivity contribution >= 4 is 271 Å². The second-order valence-electron chi connectivity index (χ2n) is 33.6. The van der Waals surface area contributed by atoms with Gasteiger partial charge in [-0.3, -0.25) is 0 Å². The van der Waals surface area contributed by atoms with Crippen molar-refractivity contribution in [1.82, 2.24) is 0 Å². The lowest BCUT2D eigenvalue weighted by Crippen LogP contribution is -2.37. The van der Waals surface area contributed by atoms with E-state index in [1.54, 1.807) is 0 Å². The molecule has 0 aliphatic carbocycles. The van der Waals surface area contributed by atoms with Crippen molar-refractivity contribution in [2.24, 2.45) is 0 Å². The summed E-state index contributed by atoms with van der Waals surface area (Å²) in [7, 11) is -3.36. The van der Waals surface area contributed by atoms with E-state index in [4.69, 9.17) is 13.3 Å².